The Labute approximate surface area is 131 Å². The topological polar surface area (TPSA) is 45.2 Å². The molecule has 1 N–H and O–H groups in total. The number of nitrogens with one attached hydrogen (secondary N) is 1. The minimum absolute atomic E-state index is 0.0716. The van der Waals surface area contributed by atoms with Crippen LogP contribution in [0.15, 0.2) is 48.5 Å². The first kappa shape index (κ1) is 14.6. The zero-order chi connectivity index (χ0) is 15.4. The molecule has 22 heavy (non-hydrogen) atoms. The summed E-state index contributed by atoms with van der Waals surface area (Å²) < 4.78 is 0. The minimum Gasteiger partial charge on any atom is -0.371 e. The zero-order valence-corrected chi connectivity index (χ0v) is 12.8. The predicted molar refractivity (Wildman–Crippen MR) is 89.0 cm³/mol. The average Bonchev–Trinajstić information content (AvgIpc) is 2.56. The molecule has 1 aliphatic rings. The molecule has 1 amide bonds. The van der Waals surface area contributed by atoms with E-state index in [4.69, 9.17) is 0 Å². The molecule has 3 rings (SSSR count). The van der Waals surface area contributed by atoms with Gasteiger partial charge < -0.3 is 10.2 Å². The lowest BCUT2D eigenvalue weighted by atomic mass is 9.95. The molecule has 1 aromatic carbocycles. The summed E-state index contributed by atoms with van der Waals surface area (Å²) in [7, 11) is 0. The lowest BCUT2D eigenvalue weighted by molar-refractivity contribution is -0.120. The van der Waals surface area contributed by atoms with Gasteiger partial charge in [0.25, 0.3) is 0 Å². The minimum atomic E-state index is 0.0716. The van der Waals surface area contributed by atoms with Gasteiger partial charge >= 0.3 is 0 Å². The summed E-state index contributed by atoms with van der Waals surface area (Å²) in [6.07, 6.45) is 1.76. The van der Waals surface area contributed by atoms with E-state index in [-0.39, 0.29) is 11.8 Å². The molecule has 114 valence electrons. The number of piperidine rings is 1. The van der Waals surface area contributed by atoms with Crippen molar-refractivity contribution in [2.24, 2.45) is 5.92 Å². The number of amides is 1. The number of carbonyl (C=O) groups is 1. The highest BCUT2D eigenvalue weighted by Gasteiger charge is 2.25. The standard InChI is InChI=1S/C18H21N3O/c1-14-6-5-9-17(19-14)20-18(22)15-10-12-21(13-11-15)16-7-3-2-4-8-16/h2-9,15H,10-13H2,1H3,(H,19,20,22). The van der Waals surface area contributed by atoms with Crippen LogP contribution >= 0.6 is 0 Å². The van der Waals surface area contributed by atoms with E-state index < -0.39 is 0 Å². The number of aromatic nitrogens is 1. The van der Waals surface area contributed by atoms with Crippen molar-refractivity contribution >= 4 is 17.4 Å². The predicted octanol–water partition coefficient (Wildman–Crippen LogP) is 3.25. The van der Waals surface area contributed by atoms with Crippen LogP contribution in [0.1, 0.15) is 18.5 Å². The van der Waals surface area contributed by atoms with E-state index in [1.54, 1.807) is 0 Å². The third-order valence-electron chi connectivity index (χ3n) is 4.13. The molecule has 0 bridgehead atoms. The molecule has 0 unspecified atom stereocenters. The van der Waals surface area contributed by atoms with Crippen molar-refractivity contribution < 1.29 is 4.79 Å². The highest BCUT2D eigenvalue weighted by molar-refractivity contribution is 5.91. The second kappa shape index (κ2) is 6.60. The summed E-state index contributed by atoms with van der Waals surface area (Å²) in [6, 6.07) is 16.1. The molecule has 0 saturated carbocycles. The number of hydrogen-bond acceptors (Lipinski definition) is 3. The van der Waals surface area contributed by atoms with Crippen LogP contribution in [0.25, 0.3) is 0 Å². The maximum absolute atomic E-state index is 12.4. The molecule has 1 aliphatic heterocycles. The third-order valence-corrected chi connectivity index (χ3v) is 4.13. The fourth-order valence-corrected chi connectivity index (χ4v) is 2.88. The second-order valence-electron chi connectivity index (χ2n) is 5.75. The van der Waals surface area contributed by atoms with Gasteiger partial charge in [-0.3, -0.25) is 4.79 Å². The number of pyridine rings is 1. The molecule has 1 aromatic heterocycles. The van der Waals surface area contributed by atoms with E-state index in [1.165, 1.54) is 5.69 Å². The normalized spacial score (nSPS) is 15.6. The third kappa shape index (κ3) is 3.45. The van der Waals surface area contributed by atoms with Crippen LogP contribution in [0.4, 0.5) is 11.5 Å². The number of rotatable bonds is 3. The van der Waals surface area contributed by atoms with E-state index in [0.29, 0.717) is 5.82 Å². The summed E-state index contributed by atoms with van der Waals surface area (Å²) in [6.45, 7) is 3.76. The smallest absolute Gasteiger partial charge is 0.228 e. The molecule has 0 aliphatic carbocycles. The van der Waals surface area contributed by atoms with Crippen LogP contribution in [0, 0.1) is 12.8 Å². The Kier molecular flexibility index (Phi) is 4.37. The fraction of sp³-hybridized carbons (Fsp3) is 0.333. The summed E-state index contributed by atoms with van der Waals surface area (Å²) in [5.74, 6) is 0.809. The molecular formula is C18H21N3O. The van der Waals surface area contributed by atoms with Gasteiger partial charge in [-0.2, -0.15) is 0 Å². The first-order valence-corrected chi connectivity index (χ1v) is 7.77. The zero-order valence-electron chi connectivity index (χ0n) is 12.8. The van der Waals surface area contributed by atoms with Crippen LogP contribution in [-0.4, -0.2) is 24.0 Å². The summed E-state index contributed by atoms with van der Waals surface area (Å²) in [4.78, 5) is 19.0. The van der Waals surface area contributed by atoms with Crippen molar-refractivity contribution in [1.29, 1.82) is 0 Å². The van der Waals surface area contributed by atoms with Gasteiger partial charge in [-0.25, -0.2) is 4.98 Å². The van der Waals surface area contributed by atoms with Crippen molar-refractivity contribution in [3.63, 3.8) is 0 Å². The maximum atomic E-state index is 12.4. The van der Waals surface area contributed by atoms with Crippen LogP contribution < -0.4 is 10.2 Å². The van der Waals surface area contributed by atoms with Gasteiger partial charge in [-0.05, 0) is 44.0 Å². The van der Waals surface area contributed by atoms with E-state index in [9.17, 15) is 4.79 Å². The van der Waals surface area contributed by atoms with E-state index in [1.807, 2.05) is 31.2 Å². The van der Waals surface area contributed by atoms with Gasteiger partial charge in [0, 0.05) is 30.4 Å². The Morgan fingerprint density at radius 1 is 1.09 bits per heavy atom. The second-order valence-corrected chi connectivity index (χ2v) is 5.75. The van der Waals surface area contributed by atoms with Gasteiger partial charge in [0.15, 0.2) is 0 Å². The van der Waals surface area contributed by atoms with Gasteiger partial charge in [0.1, 0.15) is 5.82 Å². The number of benzene rings is 1. The van der Waals surface area contributed by atoms with E-state index >= 15 is 0 Å². The highest BCUT2D eigenvalue weighted by Crippen LogP contribution is 2.23. The fourth-order valence-electron chi connectivity index (χ4n) is 2.88. The first-order chi connectivity index (χ1) is 10.7. The monoisotopic (exact) mass is 295 g/mol. The number of nitrogens with zero attached hydrogens (tertiary/aromatic N) is 2. The molecule has 1 saturated heterocycles. The van der Waals surface area contributed by atoms with Crippen LogP contribution in [0.5, 0.6) is 0 Å². The number of hydrogen-bond donors (Lipinski definition) is 1. The van der Waals surface area contributed by atoms with Gasteiger partial charge in [-0.1, -0.05) is 24.3 Å². The largest absolute Gasteiger partial charge is 0.371 e. The van der Waals surface area contributed by atoms with Crippen LogP contribution in [-0.2, 0) is 4.79 Å². The summed E-state index contributed by atoms with van der Waals surface area (Å²) >= 11 is 0. The number of aryl methyl sites for hydroxylation is 1. The van der Waals surface area contributed by atoms with Crippen LogP contribution in [0.2, 0.25) is 0 Å². The molecular weight excluding hydrogens is 274 g/mol. The van der Waals surface area contributed by atoms with Crippen molar-refractivity contribution in [3.8, 4) is 0 Å². The van der Waals surface area contributed by atoms with E-state index in [2.05, 4.69) is 39.5 Å². The molecule has 4 nitrogen and oxygen atoms in total. The van der Waals surface area contributed by atoms with E-state index in [0.717, 1.165) is 31.6 Å². The molecule has 2 heterocycles. The Morgan fingerprint density at radius 2 is 1.82 bits per heavy atom. The van der Waals surface area contributed by atoms with Gasteiger partial charge in [-0.15, -0.1) is 0 Å². The van der Waals surface area contributed by atoms with Crippen LogP contribution in [0.3, 0.4) is 0 Å². The summed E-state index contributed by atoms with van der Waals surface area (Å²) in [5, 5.41) is 2.94. The van der Waals surface area contributed by atoms with Gasteiger partial charge in [0.05, 0.1) is 0 Å². The number of anilines is 2. The van der Waals surface area contributed by atoms with Crippen molar-refractivity contribution in [3.05, 3.63) is 54.2 Å². The van der Waals surface area contributed by atoms with Crippen molar-refractivity contribution in [2.75, 3.05) is 23.3 Å². The maximum Gasteiger partial charge on any atom is 0.228 e. The Hall–Kier alpha value is -2.36. The SMILES string of the molecule is Cc1cccc(NC(=O)C2CCN(c3ccccc3)CC2)n1. The highest BCUT2D eigenvalue weighted by atomic mass is 16.1. The molecule has 0 spiro atoms. The number of carbonyl (C=O) groups excluding carboxylic acids is 1. The summed E-state index contributed by atoms with van der Waals surface area (Å²) in [5.41, 5.74) is 2.15. The molecule has 0 radical (unpaired) electrons. The Morgan fingerprint density at radius 3 is 2.50 bits per heavy atom. The molecule has 1 fully saturated rings. The quantitative estimate of drug-likeness (QED) is 0.945. The lowest BCUT2D eigenvalue weighted by Gasteiger charge is -2.32. The van der Waals surface area contributed by atoms with Crippen molar-refractivity contribution in [1.82, 2.24) is 4.98 Å². The molecule has 0 atom stereocenters. The Bertz CT molecular complexity index is 634. The first-order valence-electron chi connectivity index (χ1n) is 7.77. The molecule has 4 heteroatoms. The Balaban J connectivity index is 1.56. The molecule has 2 aromatic rings. The average molecular weight is 295 g/mol. The lowest BCUT2D eigenvalue weighted by Crippen LogP contribution is -2.38. The number of para-hydroxylation sites is 1. The van der Waals surface area contributed by atoms with Gasteiger partial charge in [0.2, 0.25) is 5.91 Å². The van der Waals surface area contributed by atoms with Crippen molar-refractivity contribution in [2.45, 2.75) is 19.8 Å².